The van der Waals surface area contributed by atoms with Crippen LogP contribution >= 0.6 is 0 Å². The second-order valence-electron chi connectivity index (χ2n) is 2.61. The number of hydrogen-bond acceptors (Lipinski definition) is 3. The summed E-state index contributed by atoms with van der Waals surface area (Å²) < 4.78 is 30.0. The lowest BCUT2D eigenvalue weighted by Crippen LogP contribution is -1.99. The number of aryl methyl sites for hydroxylation is 1. The molecule has 0 fully saturated rings. The minimum absolute atomic E-state index is 0.199. The van der Waals surface area contributed by atoms with Crippen molar-refractivity contribution in [2.45, 2.75) is 11.8 Å². The molecule has 1 rings (SSSR count). The number of benzene rings is 1. The van der Waals surface area contributed by atoms with Gasteiger partial charge in [-0.1, -0.05) is 6.07 Å². The van der Waals surface area contributed by atoms with Gasteiger partial charge in [-0.15, -0.1) is 0 Å². The largest absolute Gasteiger partial charge is 0.298 e. The highest BCUT2D eigenvalue weighted by Crippen LogP contribution is 2.13. The third-order valence-corrected chi connectivity index (χ3v) is 2.52. The molecule has 0 aliphatic rings. The van der Waals surface area contributed by atoms with Crippen molar-refractivity contribution in [1.29, 1.82) is 0 Å². The lowest BCUT2D eigenvalue weighted by molar-refractivity contribution is 0.112. The maximum absolute atomic E-state index is 10.7. The first-order valence-corrected chi connectivity index (χ1v) is 4.92. The Balaban J connectivity index is 3.34. The normalized spacial score (nSPS) is 11.2. The van der Waals surface area contributed by atoms with Crippen LogP contribution in [0, 0.1) is 6.92 Å². The zero-order valence-electron chi connectivity index (χ0n) is 6.89. The molecule has 4 nitrogen and oxygen atoms in total. The van der Waals surface area contributed by atoms with Crippen LogP contribution in [0.4, 0.5) is 0 Å². The Bertz CT molecular complexity index is 433. The molecule has 0 aromatic heterocycles. The van der Waals surface area contributed by atoms with Crippen LogP contribution in [0.15, 0.2) is 23.1 Å². The van der Waals surface area contributed by atoms with Crippen molar-refractivity contribution in [1.82, 2.24) is 0 Å². The van der Waals surface area contributed by atoms with Gasteiger partial charge >= 0.3 is 0 Å². The maximum atomic E-state index is 10.7. The van der Waals surface area contributed by atoms with Gasteiger partial charge in [-0.05, 0) is 24.6 Å². The first kappa shape index (κ1) is 9.88. The molecular formula is C8H8O4S. The minimum Gasteiger partial charge on any atom is -0.298 e. The molecule has 5 heteroatoms. The quantitative estimate of drug-likeness (QED) is 0.572. The molecule has 1 N–H and O–H groups in total. The summed E-state index contributed by atoms with van der Waals surface area (Å²) in [6.45, 7) is 1.60. The van der Waals surface area contributed by atoms with E-state index in [1.165, 1.54) is 18.2 Å². The lowest BCUT2D eigenvalue weighted by Gasteiger charge is -2.00. The Morgan fingerprint density at radius 3 is 2.38 bits per heavy atom. The molecule has 1 aromatic rings. The van der Waals surface area contributed by atoms with Gasteiger partial charge in [0.2, 0.25) is 0 Å². The molecule has 0 heterocycles. The highest BCUT2D eigenvalue weighted by Gasteiger charge is 2.10. The van der Waals surface area contributed by atoms with Gasteiger partial charge < -0.3 is 0 Å². The lowest BCUT2D eigenvalue weighted by atomic mass is 10.1. The average Bonchev–Trinajstić information content (AvgIpc) is 2.02. The Morgan fingerprint density at radius 2 is 2.00 bits per heavy atom. The van der Waals surface area contributed by atoms with Gasteiger partial charge in [-0.2, -0.15) is 8.42 Å². The number of rotatable bonds is 2. The summed E-state index contributed by atoms with van der Waals surface area (Å²) in [6, 6.07) is 3.79. The topological polar surface area (TPSA) is 71.4 Å². The average molecular weight is 200 g/mol. The van der Waals surface area contributed by atoms with Crippen LogP contribution in [0.1, 0.15) is 15.9 Å². The Morgan fingerprint density at radius 1 is 1.38 bits per heavy atom. The van der Waals surface area contributed by atoms with Gasteiger partial charge in [-0.3, -0.25) is 9.35 Å². The molecule has 0 saturated heterocycles. The fourth-order valence-corrected chi connectivity index (χ4v) is 1.51. The monoisotopic (exact) mass is 200 g/mol. The van der Waals surface area contributed by atoms with Gasteiger partial charge in [0, 0.05) is 5.56 Å². The van der Waals surface area contributed by atoms with Crippen molar-refractivity contribution in [3.63, 3.8) is 0 Å². The van der Waals surface area contributed by atoms with Crippen molar-refractivity contribution in [3.8, 4) is 0 Å². The third-order valence-electron chi connectivity index (χ3n) is 1.67. The van der Waals surface area contributed by atoms with Gasteiger partial charge in [0.25, 0.3) is 10.1 Å². The van der Waals surface area contributed by atoms with Crippen LogP contribution in [0.3, 0.4) is 0 Å². The van der Waals surface area contributed by atoms with Gasteiger partial charge in [0.1, 0.15) is 6.29 Å². The summed E-state index contributed by atoms with van der Waals surface area (Å²) in [5.74, 6) is 0. The molecule has 0 spiro atoms. The number of carbonyl (C=O) groups excluding carboxylic acids is 1. The van der Waals surface area contributed by atoms with Crippen LogP contribution in [0.2, 0.25) is 0 Å². The van der Waals surface area contributed by atoms with E-state index in [9.17, 15) is 13.2 Å². The van der Waals surface area contributed by atoms with E-state index >= 15 is 0 Å². The van der Waals surface area contributed by atoms with Crippen LogP contribution in [-0.2, 0) is 10.1 Å². The van der Waals surface area contributed by atoms with E-state index in [2.05, 4.69) is 0 Å². The van der Waals surface area contributed by atoms with E-state index in [0.717, 1.165) is 0 Å². The van der Waals surface area contributed by atoms with Gasteiger partial charge in [0.15, 0.2) is 0 Å². The van der Waals surface area contributed by atoms with E-state index in [0.29, 0.717) is 17.4 Å². The number of aldehydes is 1. The molecule has 13 heavy (non-hydrogen) atoms. The van der Waals surface area contributed by atoms with E-state index in [1.807, 2.05) is 0 Å². The molecule has 0 aliphatic heterocycles. The standard InChI is InChI=1S/C8H8O4S/c1-6-4-8(13(10,11)12)3-2-7(6)5-9/h2-5H,1H3,(H,10,11,12). The van der Waals surface area contributed by atoms with Crippen molar-refractivity contribution in [2.24, 2.45) is 0 Å². The molecule has 0 saturated carbocycles. The molecule has 0 aliphatic carbocycles. The Labute approximate surface area is 76.0 Å². The van der Waals surface area contributed by atoms with Crippen molar-refractivity contribution in [2.75, 3.05) is 0 Å². The Kier molecular flexibility index (Phi) is 2.49. The van der Waals surface area contributed by atoms with Crippen molar-refractivity contribution < 1.29 is 17.8 Å². The van der Waals surface area contributed by atoms with E-state index in [1.54, 1.807) is 6.92 Å². The van der Waals surface area contributed by atoms with Crippen molar-refractivity contribution >= 4 is 16.4 Å². The molecule has 1 aromatic carbocycles. The van der Waals surface area contributed by atoms with Crippen LogP contribution < -0.4 is 0 Å². The van der Waals surface area contributed by atoms with E-state index in [4.69, 9.17) is 4.55 Å². The second kappa shape index (κ2) is 3.27. The van der Waals surface area contributed by atoms with Crippen LogP contribution in [-0.4, -0.2) is 19.3 Å². The fourth-order valence-electron chi connectivity index (χ4n) is 0.941. The minimum atomic E-state index is -4.17. The SMILES string of the molecule is Cc1cc(S(=O)(=O)O)ccc1C=O. The highest BCUT2D eigenvalue weighted by molar-refractivity contribution is 7.85. The summed E-state index contributed by atoms with van der Waals surface area (Å²) in [4.78, 5) is 10.2. The molecule has 70 valence electrons. The highest BCUT2D eigenvalue weighted by atomic mass is 32.2. The smallest absolute Gasteiger partial charge is 0.294 e. The predicted molar refractivity (Wildman–Crippen MR) is 46.4 cm³/mol. The number of hydrogen-bond donors (Lipinski definition) is 1. The number of carbonyl (C=O) groups is 1. The summed E-state index contributed by atoms with van der Waals surface area (Å²) in [6.07, 6.45) is 0.628. The van der Waals surface area contributed by atoms with E-state index in [-0.39, 0.29) is 4.90 Å². The van der Waals surface area contributed by atoms with Gasteiger partial charge in [-0.25, -0.2) is 0 Å². The summed E-state index contributed by atoms with van der Waals surface area (Å²) in [5, 5.41) is 0. The molecule has 0 radical (unpaired) electrons. The maximum Gasteiger partial charge on any atom is 0.294 e. The van der Waals surface area contributed by atoms with Crippen LogP contribution in [0.5, 0.6) is 0 Å². The van der Waals surface area contributed by atoms with E-state index < -0.39 is 10.1 Å². The summed E-state index contributed by atoms with van der Waals surface area (Å²) in [7, 11) is -4.17. The molecule has 0 atom stereocenters. The zero-order valence-corrected chi connectivity index (χ0v) is 7.71. The molecule has 0 amide bonds. The summed E-state index contributed by atoms with van der Waals surface area (Å²) in [5.41, 5.74) is 0.928. The van der Waals surface area contributed by atoms with Gasteiger partial charge in [0.05, 0.1) is 4.90 Å². The molecule has 0 unspecified atom stereocenters. The molecular weight excluding hydrogens is 192 g/mol. The zero-order chi connectivity index (χ0) is 10.1. The Hall–Kier alpha value is -1.20. The van der Waals surface area contributed by atoms with Crippen LogP contribution in [0.25, 0.3) is 0 Å². The van der Waals surface area contributed by atoms with Crippen molar-refractivity contribution in [3.05, 3.63) is 29.3 Å². The fraction of sp³-hybridized carbons (Fsp3) is 0.125. The first-order valence-electron chi connectivity index (χ1n) is 3.48. The predicted octanol–water partition coefficient (Wildman–Crippen LogP) is 1.05. The summed E-state index contributed by atoms with van der Waals surface area (Å²) >= 11 is 0. The molecule has 0 bridgehead atoms. The first-order chi connectivity index (χ1) is 5.95. The second-order valence-corrected chi connectivity index (χ2v) is 4.03. The third kappa shape index (κ3) is 2.13.